The number of carboxylic acid groups (broad SMARTS) is 1. The van der Waals surface area contributed by atoms with Crippen molar-refractivity contribution in [2.75, 3.05) is 7.05 Å². The van der Waals surface area contributed by atoms with Crippen molar-refractivity contribution in [3.63, 3.8) is 0 Å². The molecule has 7 nitrogen and oxygen atoms in total. The van der Waals surface area contributed by atoms with E-state index in [1.54, 1.807) is 11.9 Å². The number of amides is 3. The van der Waals surface area contributed by atoms with Crippen LogP contribution in [0.3, 0.4) is 0 Å². The van der Waals surface area contributed by atoms with E-state index in [1.165, 1.54) is 9.80 Å². The first-order chi connectivity index (χ1) is 18.9. The van der Waals surface area contributed by atoms with Crippen molar-refractivity contribution >= 4 is 28.7 Å². The molecule has 0 saturated carbocycles. The Kier molecular flexibility index (Phi) is 7.32. The van der Waals surface area contributed by atoms with Crippen LogP contribution in [0.4, 0.5) is 4.79 Å². The number of carboxylic acids is 1. The van der Waals surface area contributed by atoms with E-state index in [9.17, 15) is 19.5 Å². The van der Waals surface area contributed by atoms with Crippen LogP contribution in [0.2, 0.25) is 0 Å². The molecule has 198 valence electrons. The number of fused-ring (bicyclic) bond motifs is 1. The number of carbonyl (C=O) groups excluding carboxylic acids is 2. The van der Waals surface area contributed by atoms with Gasteiger partial charge in [-0.05, 0) is 34.4 Å². The second kappa shape index (κ2) is 11.0. The Morgan fingerprint density at radius 1 is 0.769 bits per heavy atom. The fraction of sp³-hybridized carbons (Fsp3) is 0.219. The molecule has 0 aliphatic carbocycles. The van der Waals surface area contributed by atoms with Gasteiger partial charge < -0.3 is 19.8 Å². The lowest BCUT2D eigenvalue weighted by molar-refractivity contribution is -0.148. The molecule has 0 spiro atoms. The average molecular weight is 522 g/mol. The second-order valence-corrected chi connectivity index (χ2v) is 9.93. The smallest absolute Gasteiger partial charge is 0.329 e. The highest BCUT2D eigenvalue weighted by Gasteiger charge is 2.54. The zero-order valence-electron chi connectivity index (χ0n) is 22.0. The van der Waals surface area contributed by atoms with Crippen LogP contribution < -0.4 is 0 Å². The summed E-state index contributed by atoms with van der Waals surface area (Å²) in [7, 11) is 1.68. The van der Waals surface area contributed by atoms with Gasteiger partial charge in [-0.1, -0.05) is 103 Å². The first kappa shape index (κ1) is 26.0. The van der Waals surface area contributed by atoms with Gasteiger partial charge in [0, 0.05) is 20.1 Å². The van der Waals surface area contributed by atoms with Crippen molar-refractivity contribution in [2.45, 2.75) is 38.1 Å². The van der Waals surface area contributed by atoms with Crippen LogP contribution in [0.15, 0.2) is 103 Å². The maximum Gasteiger partial charge on any atom is 0.329 e. The Bertz CT molecular complexity index is 1490. The molecule has 7 heteroatoms. The van der Waals surface area contributed by atoms with E-state index in [0.717, 1.165) is 27.5 Å². The van der Waals surface area contributed by atoms with Gasteiger partial charge in [-0.25, -0.2) is 9.59 Å². The summed E-state index contributed by atoms with van der Waals surface area (Å²) in [6.07, 6.45) is 0. The minimum absolute atomic E-state index is 0.0916. The zero-order valence-corrected chi connectivity index (χ0v) is 22.0. The Morgan fingerprint density at radius 3 is 1.87 bits per heavy atom. The predicted octanol–water partition coefficient (Wildman–Crippen LogP) is 5.32. The normalized spacial score (nSPS) is 17.8. The third kappa shape index (κ3) is 5.08. The van der Waals surface area contributed by atoms with Crippen LogP contribution in [0.25, 0.3) is 10.8 Å². The lowest BCUT2D eigenvalue weighted by atomic mass is 9.97. The van der Waals surface area contributed by atoms with Gasteiger partial charge in [-0.3, -0.25) is 4.79 Å². The van der Waals surface area contributed by atoms with Crippen LogP contribution in [-0.2, 0) is 22.7 Å². The van der Waals surface area contributed by atoms with E-state index >= 15 is 0 Å². The number of urea groups is 1. The Hall–Kier alpha value is -4.65. The maximum absolute atomic E-state index is 14.2. The first-order valence-electron chi connectivity index (χ1n) is 13.0. The van der Waals surface area contributed by atoms with Crippen molar-refractivity contribution in [1.82, 2.24) is 14.7 Å². The number of hydrogen-bond acceptors (Lipinski definition) is 3. The number of carbonyl (C=O) groups is 3. The van der Waals surface area contributed by atoms with Gasteiger partial charge in [0.15, 0.2) is 6.04 Å². The van der Waals surface area contributed by atoms with Crippen molar-refractivity contribution in [3.8, 4) is 0 Å². The van der Waals surface area contributed by atoms with Gasteiger partial charge in [0.1, 0.15) is 6.04 Å². The van der Waals surface area contributed by atoms with Crippen molar-refractivity contribution in [1.29, 1.82) is 0 Å². The van der Waals surface area contributed by atoms with E-state index in [2.05, 4.69) is 0 Å². The monoisotopic (exact) mass is 521 g/mol. The van der Waals surface area contributed by atoms with Crippen LogP contribution in [0, 0.1) is 0 Å². The number of rotatable bonds is 8. The largest absolute Gasteiger partial charge is 0.480 e. The molecular weight excluding hydrogens is 490 g/mol. The molecule has 4 aromatic carbocycles. The number of hydrogen-bond donors (Lipinski definition) is 1. The minimum Gasteiger partial charge on any atom is -0.480 e. The van der Waals surface area contributed by atoms with Crippen LogP contribution in [0.5, 0.6) is 0 Å². The molecular formula is C32H31N3O4. The van der Waals surface area contributed by atoms with Crippen LogP contribution in [0.1, 0.15) is 29.7 Å². The lowest BCUT2D eigenvalue weighted by Crippen LogP contribution is -2.52. The Balaban J connectivity index is 1.52. The van der Waals surface area contributed by atoms with Gasteiger partial charge in [-0.15, -0.1) is 0 Å². The highest BCUT2D eigenvalue weighted by atomic mass is 16.4. The molecule has 3 atom stereocenters. The van der Waals surface area contributed by atoms with E-state index < -0.39 is 30.0 Å². The Morgan fingerprint density at radius 2 is 1.28 bits per heavy atom. The number of nitrogens with zero attached hydrogens (tertiary/aromatic N) is 3. The molecule has 1 aliphatic heterocycles. The summed E-state index contributed by atoms with van der Waals surface area (Å²) in [4.78, 5) is 45.0. The average Bonchev–Trinajstić information content (AvgIpc) is 3.23. The Labute approximate surface area is 227 Å². The molecule has 1 heterocycles. The van der Waals surface area contributed by atoms with E-state index in [-0.39, 0.29) is 19.1 Å². The van der Waals surface area contributed by atoms with Gasteiger partial charge >= 0.3 is 12.0 Å². The predicted molar refractivity (Wildman–Crippen MR) is 150 cm³/mol. The minimum atomic E-state index is -1.34. The molecule has 1 saturated heterocycles. The molecule has 5 rings (SSSR count). The summed E-state index contributed by atoms with van der Waals surface area (Å²) in [6.45, 7) is 2.14. The zero-order chi connectivity index (χ0) is 27.5. The summed E-state index contributed by atoms with van der Waals surface area (Å²) >= 11 is 0. The molecule has 1 fully saturated rings. The van der Waals surface area contributed by atoms with Crippen molar-refractivity contribution in [2.24, 2.45) is 0 Å². The number of aliphatic carboxylic acids is 1. The highest BCUT2D eigenvalue weighted by Crippen LogP contribution is 2.32. The molecule has 1 aliphatic rings. The standard InChI is InChI=1S/C32H31N3O4/c1-22(26-19-11-17-25-16-9-10-18-27(25)26)33(2)30(36)28-29(31(37)38)35(21-24-14-7-4-8-15-24)32(39)34(28)20-23-12-5-3-6-13-23/h3-19,22,28-29H,20-21H2,1-2H3,(H,37,38)/t22?,28-,29+/m1/s1. The maximum atomic E-state index is 14.2. The van der Waals surface area contributed by atoms with Gasteiger partial charge in [-0.2, -0.15) is 0 Å². The summed E-state index contributed by atoms with van der Waals surface area (Å²) in [6, 6.07) is 29.1. The molecule has 4 aromatic rings. The van der Waals surface area contributed by atoms with Crippen LogP contribution >= 0.6 is 0 Å². The molecule has 0 bridgehead atoms. The number of benzene rings is 4. The number of likely N-dealkylation sites (N-methyl/N-ethyl adjacent to an activating group) is 1. The quantitative estimate of drug-likeness (QED) is 0.340. The molecule has 0 radical (unpaired) electrons. The third-order valence-corrected chi connectivity index (χ3v) is 7.56. The SMILES string of the molecule is CC(c1cccc2ccccc12)N(C)C(=O)[C@H]1[C@@H](C(=O)O)N(Cc2ccccc2)C(=O)N1Cc1ccccc1. The van der Waals surface area contributed by atoms with Crippen molar-refractivity contribution in [3.05, 3.63) is 120 Å². The second-order valence-electron chi connectivity index (χ2n) is 9.93. The molecule has 39 heavy (non-hydrogen) atoms. The van der Waals surface area contributed by atoms with Crippen molar-refractivity contribution < 1.29 is 19.5 Å². The third-order valence-electron chi connectivity index (χ3n) is 7.56. The molecule has 1 unspecified atom stereocenters. The summed E-state index contributed by atoms with van der Waals surface area (Å²) in [5.41, 5.74) is 2.57. The van der Waals surface area contributed by atoms with Gasteiger partial charge in [0.05, 0.1) is 6.04 Å². The fourth-order valence-corrected chi connectivity index (χ4v) is 5.40. The first-order valence-corrected chi connectivity index (χ1v) is 13.0. The highest BCUT2D eigenvalue weighted by molar-refractivity contribution is 5.98. The van der Waals surface area contributed by atoms with Gasteiger partial charge in [0.2, 0.25) is 5.91 Å². The summed E-state index contributed by atoms with van der Waals surface area (Å²) in [5, 5.41) is 12.5. The summed E-state index contributed by atoms with van der Waals surface area (Å²) in [5.74, 6) is -1.62. The molecule has 3 amide bonds. The summed E-state index contributed by atoms with van der Waals surface area (Å²) < 4.78 is 0. The van der Waals surface area contributed by atoms with E-state index in [0.29, 0.717) is 0 Å². The fourth-order valence-electron chi connectivity index (χ4n) is 5.40. The lowest BCUT2D eigenvalue weighted by Gasteiger charge is -2.33. The van der Waals surface area contributed by atoms with E-state index in [4.69, 9.17) is 0 Å². The van der Waals surface area contributed by atoms with Crippen LogP contribution in [-0.4, -0.2) is 56.8 Å². The molecule has 0 aromatic heterocycles. The molecule has 1 N–H and O–H groups in total. The van der Waals surface area contributed by atoms with Gasteiger partial charge in [0.25, 0.3) is 0 Å². The topological polar surface area (TPSA) is 81.2 Å². The van der Waals surface area contributed by atoms with E-state index in [1.807, 2.05) is 110 Å².